The van der Waals surface area contributed by atoms with Gasteiger partial charge in [-0.2, -0.15) is 8.42 Å². The average molecular weight is 674 g/mol. The molecule has 0 spiro atoms. The van der Waals surface area contributed by atoms with Crippen LogP contribution in [0.15, 0.2) is 92.9 Å². The molecule has 0 amide bonds. The first kappa shape index (κ1) is 32.3. The third-order valence-electron chi connectivity index (χ3n) is 6.52. The Balaban J connectivity index is 0.00000384. The number of hydrogen-bond donors (Lipinski definition) is 2. The van der Waals surface area contributed by atoms with E-state index >= 15 is 0 Å². The molecule has 218 valence electrons. The van der Waals surface area contributed by atoms with Gasteiger partial charge in [0.2, 0.25) is 0 Å². The number of thiazole rings is 2. The Morgan fingerprint density at radius 3 is 1.70 bits per heavy atom. The van der Waals surface area contributed by atoms with Gasteiger partial charge in [-0.1, -0.05) is 17.4 Å². The summed E-state index contributed by atoms with van der Waals surface area (Å²) in [5, 5.41) is 9.39. The Labute approximate surface area is 282 Å². The van der Waals surface area contributed by atoms with E-state index in [1.165, 1.54) is 11.3 Å². The van der Waals surface area contributed by atoms with Crippen LogP contribution in [0, 0.1) is 13.8 Å². The van der Waals surface area contributed by atoms with E-state index in [2.05, 4.69) is 25.7 Å². The van der Waals surface area contributed by atoms with Gasteiger partial charge in [-0.25, -0.2) is 18.4 Å². The van der Waals surface area contributed by atoms with E-state index in [1.54, 1.807) is 86.6 Å². The van der Waals surface area contributed by atoms with Crippen LogP contribution in [-0.2, 0) is 20.2 Å². The molecular formula is C28H20N5NaO6S4. The standard InChI is InChI=1S/C28H21N5O6S4.Na/c1-15-3-13-21-23(25(15)42(34,35)36)40-27(29-21)17-5-9-19(10-6-17)31-33-32-20-11-7-18(8-12-20)28-30-22-14-4-16(2)26(24(22)41-28)43(37,38)39;/h3-14H,1-2H3,(H,31,32)(H,34,35,36)(H,37,38,39);/q;+1/p-1. The van der Waals surface area contributed by atoms with Crippen LogP contribution in [0.4, 0.5) is 11.4 Å². The summed E-state index contributed by atoms with van der Waals surface area (Å²) < 4.78 is 69.6. The van der Waals surface area contributed by atoms with Crippen molar-refractivity contribution < 1.29 is 55.5 Å². The molecule has 0 aliphatic heterocycles. The van der Waals surface area contributed by atoms with Gasteiger partial charge in [0.1, 0.15) is 25.0 Å². The average Bonchev–Trinajstić information content (AvgIpc) is 3.56. The second-order valence-electron chi connectivity index (χ2n) is 9.52. The summed E-state index contributed by atoms with van der Waals surface area (Å²) in [5.41, 5.74) is 7.35. The molecule has 11 nitrogen and oxygen atoms in total. The molecule has 2 N–H and O–H groups in total. The zero-order valence-electron chi connectivity index (χ0n) is 23.3. The Morgan fingerprint density at radius 2 is 1.20 bits per heavy atom. The minimum Gasteiger partial charge on any atom is -0.744 e. The number of fused-ring (bicyclic) bond motifs is 2. The third-order valence-corrected chi connectivity index (χ3v) is 11.1. The van der Waals surface area contributed by atoms with E-state index in [9.17, 15) is 25.9 Å². The largest absolute Gasteiger partial charge is 1.00 e. The van der Waals surface area contributed by atoms with Crippen molar-refractivity contribution in [3.05, 3.63) is 83.9 Å². The van der Waals surface area contributed by atoms with Crippen LogP contribution in [0.3, 0.4) is 0 Å². The van der Waals surface area contributed by atoms with Gasteiger partial charge in [0.15, 0.2) is 0 Å². The van der Waals surface area contributed by atoms with Crippen molar-refractivity contribution in [3.63, 3.8) is 0 Å². The number of hydrogen-bond acceptors (Lipinski definition) is 11. The van der Waals surface area contributed by atoms with Crippen molar-refractivity contribution in [3.8, 4) is 21.1 Å². The molecular weight excluding hydrogens is 654 g/mol. The summed E-state index contributed by atoms with van der Waals surface area (Å²) in [6.07, 6.45) is 0. The van der Waals surface area contributed by atoms with Gasteiger partial charge in [-0.3, -0.25) is 9.98 Å². The number of rotatable bonds is 7. The van der Waals surface area contributed by atoms with Crippen LogP contribution >= 0.6 is 22.7 Å². The molecule has 0 fully saturated rings. The molecule has 0 saturated carbocycles. The molecule has 6 rings (SSSR count). The van der Waals surface area contributed by atoms with E-state index in [1.807, 2.05) is 0 Å². The van der Waals surface area contributed by atoms with Crippen LogP contribution in [-0.4, -0.2) is 35.9 Å². The quantitative estimate of drug-likeness (QED) is 0.109. The Kier molecular flexibility index (Phi) is 9.06. The second kappa shape index (κ2) is 12.3. The van der Waals surface area contributed by atoms with E-state index in [4.69, 9.17) is 0 Å². The summed E-state index contributed by atoms with van der Waals surface area (Å²) in [6.45, 7) is 3.20. The smallest absolute Gasteiger partial charge is 0.744 e. The Hall–Kier alpha value is -3.12. The first-order valence-electron chi connectivity index (χ1n) is 12.5. The molecule has 4 aromatic carbocycles. The summed E-state index contributed by atoms with van der Waals surface area (Å²) in [4.78, 5) is 8.66. The van der Waals surface area contributed by atoms with Gasteiger partial charge in [0.05, 0.1) is 36.7 Å². The fraction of sp³-hybridized carbons (Fsp3) is 0.0714. The summed E-state index contributed by atoms with van der Waals surface area (Å²) >= 11 is 2.33. The van der Waals surface area contributed by atoms with Crippen molar-refractivity contribution in [2.75, 3.05) is 5.43 Å². The Bertz CT molecular complexity index is 2280. The van der Waals surface area contributed by atoms with E-state index in [0.29, 0.717) is 53.0 Å². The van der Waals surface area contributed by atoms with Gasteiger partial charge in [0, 0.05) is 11.1 Å². The third kappa shape index (κ3) is 6.47. The maximum Gasteiger partial charge on any atom is 1.00 e. The summed E-state index contributed by atoms with van der Waals surface area (Å²) in [6, 6.07) is 20.8. The summed E-state index contributed by atoms with van der Waals surface area (Å²) in [5.74, 6) is 0. The first-order chi connectivity index (χ1) is 20.4. The number of aryl methyl sites for hydroxylation is 2. The molecule has 0 atom stereocenters. The number of benzene rings is 4. The second-order valence-corrected chi connectivity index (χ2v) is 14.2. The van der Waals surface area contributed by atoms with Crippen molar-refractivity contribution in [2.24, 2.45) is 10.3 Å². The van der Waals surface area contributed by atoms with Crippen molar-refractivity contribution in [2.45, 2.75) is 23.6 Å². The molecule has 0 saturated heterocycles. The van der Waals surface area contributed by atoms with Gasteiger partial charge in [-0.05, 0) is 85.6 Å². The topological polar surface area (TPSA) is 174 Å². The zero-order valence-corrected chi connectivity index (χ0v) is 28.6. The minimum absolute atomic E-state index is 0. The molecule has 0 radical (unpaired) electrons. The maximum absolute atomic E-state index is 11.9. The molecule has 2 aromatic heterocycles. The molecule has 44 heavy (non-hydrogen) atoms. The fourth-order valence-corrected chi connectivity index (χ4v) is 9.12. The Morgan fingerprint density at radius 1 is 0.727 bits per heavy atom. The molecule has 0 aliphatic carbocycles. The normalized spacial score (nSPS) is 12.2. The first-order valence-corrected chi connectivity index (χ1v) is 17.0. The molecule has 16 heteroatoms. The number of nitrogens with one attached hydrogen (secondary N) is 1. The SMILES string of the molecule is Cc1ccc2nc(-c3ccc(NN=Nc4ccc(-c5nc6ccc(C)c(S(=O)(=O)O)c6s5)cc4)cc3)sc2c1S(=O)(=O)[O-].[Na+]. The van der Waals surface area contributed by atoms with Crippen LogP contribution in [0.1, 0.15) is 11.1 Å². The predicted octanol–water partition coefficient (Wildman–Crippen LogP) is 4.12. The monoisotopic (exact) mass is 673 g/mol. The van der Waals surface area contributed by atoms with Gasteiger partial charge in [-0.15, -0.1) is 27.8 Å². The van der Waals surface area contributed by atoms with E-state index < -0.39 is 20.2 Å². The van der Waals surface area contributed by atoms with Crippen LogP contribution in [0.2, 0.25) is 0 Å². The van der Waals surface area contributed by atoms with Gasteiger partial charge >= 0.3 is 29.6 Å². The van der Waals surface area contributed by atoms with Crippen LogP contribution < -0.4 is 35.0 Å². The zero-order chi connectivity index (χ0) is 30.5. The number of aromatic nitrogens is 2. The molecule has 6 aromatic rings. The predicted molar refractivity (Wildman–Crippen MR) is 166 cm³/mol. The minimum atomic E-state index is -4.64. The van der Waals surface area contributed by atoms with Gasteiger partial charge in [0.25, 0.3) is 10.1 Å². The number of nitrogens with zero attached hydrogens (tertiary/aromatic N) is 4. The maximum atomic E-state index is 11.9. The molecule has 0 bridgehead atoms. The fourth-order valence-electron chi connectivity index (χ4n) is 4.51. The van der Waals surface area contributed by atoms with Crippen molar-refractivity contribution >= 4 is 74.7 Å². The molecule has 2 heterocycles. The van der Waals surface area contributed by atoms with Crippen LogP contribution in [0.5, 0.6) is 0 Å². The molecule has 0 unspecified atom stereocenters. The molecule has 0 aliphatic rings. The van der Waals surface area contributed by atoms with Crippen LogP contribution in [0.25, 0.3) is 41.6 Å². The van der Waals surface area contributed by atoms with E-state index in [0.717, 1.165) is 22.5 Å². The van der Waals surface area contributed by atoms with Crippen molar-refractivity contribution in [1.29, 1.82) is 0 Å². The van der Waals surface area contributed by atoms with E-state index in [-0.39, 0.29) is 39.3 Å². The van der Waals surface area contributed by atoms with Crippen molar-refractivity contribution in [1.82, 2.24) is 9.97 Å². The number of anilines is 1. The summed E-state index contributed by atoms with van der Waals surface area (Å²) in [7, 11) is -9.04. The van der Waals surface area contributed by atoms with Gasteiger partial charge < -0.3 is 4.55 Å².